The van der Waals surface area contributed by atoms with Gasteiger partial charge in [0.1, 0.15) is 11.6 Å². The summed E-state index contributed by atoms with van der Waals surface area (Å²) >= 11 is 22.5. The van der Waals surface area contributed by atoms with Crippen LogP contribution in [0.1, 0.15) is 0 Å². The molecule has 0 aliphatic heterocycles. The van der Waals surface area contributed by atoms with Gasteiger partial charge in [-0.3, -0.25) is 4.70 Å². The van der Waals surface area contributed by atoms with Crippen LogP contribution in [-0.2, 0) is 50.3 Å². The summed E-state index contributed by atoms with van der Waals surface area (Å²) in [5, 5.41) is 9.82. The Morgan fingerprint density at radius 3 is 1.81 bits per heavy atom. The molecule has 0 spiro atoms. The maximum atomic E-state index is 14.5. The molecule has 10 rings (SSSR count). The van der Waals surface area contributed by atoms with Crippen molar-refractivity contribution in [3.8, 4) is 22.3 Å². The normalized spacial score (nSPS) is 10.6. The van der Waals surface area contributed by atoms with E-state index in [2.05, 4.69) is 124 Å². The molecule has 0 fully saturated rings. The monoisotopic (exact) mass is 1150 g/mol. The van der Waals surface area contributed by atoms with Crippen molar-refractivity contribution in [2.75, 3.05) is 0 Å². The van der Waals surface area contributed by atoms with Gasteiger partial charge in [0.15, 0.2) is 0 Å². The van der Waals surface area contributed by atoms with Crippen LogP contribution in [-0.4, -0.2) is 63.2 Å². The molecule has 0 atom stereocenters. The SMILES string of the molecule is Brc1ccc2sc3ccc4c(ccc5c6ccccc6sc54)c3c2c1.F.Fc1ccccc1-c1ccc2c(-c3cc(Br)ccc3F)c(S)ccc2c1S.[Co].[Co].[Co].[K][K]. The zero-order chi connectivity index (χ0) is 37.7. The second-order valence-electron chi connectivity index (χ2n) is 12.4. The number of fused-ring (bicyclic) bond motifs is 10. The van der Waals surface area contributed by atoms with Gasteiger partial charge in [-0.1, -0.05) is 105 Å². The van der Waals surface area contributed by atoms with Gasteiger partial charge in [0, 0.05) is 131 Å². The van der Waals surface area contributed by atoms with Crippen LogP contribution in [0, 0.1) is 11.6 Å². The Balaban J connectivity index is 0.000000231. The second kappa shape index (κ2) is 22.7. The van der Waals surface area contributed by atoms with Crippen molar-refractivity contribution >= 4 is 205 Å². The Morgan fingerprint density at radius 1 is 0.466 bits per heavy atom. The predicted molar refractivity (Wildman–Crippen MR) is 248 cm³/mol. The summed E-state index contributed by atoms with van der Waals surface area (Å²) in [6.45, 7) is 0. The van der Waals surface area contributed by atoms with Crippen molar-refractivity contribution in [2.24, 2.45) is 0 Å². The Labute approximate surface area is 445 Å². The molecule has 14 heteroatoms. The standard InChI is InChI=1S/C22H13BrF2S2.C22H11BrS2.3Co.FH.2K/c23-12-5-9-19(25)17(11-12)21-14-6-7-15(13-3-1-2-4-18(13)24)22(27)16(14)8-10-20(21)26;23-12-5-9-19-17(11-12)21-14-6-7-15-13-3-1-2-4-18(13)25-22(15)16(14)8-10-20(21)24-19;;;;;;/h1-11,26-27H;1-11H;;;;1H;;. The van der Waals surface area contributed by atoms with Crippen LogP contribution in [0.15, 0.2) is 152 Å². The molecule has 10 aromatic rings. The minimum absolute atomic E-state index is 0. The van der Waals surface area contributed by atoms with Crippen molar-refractivity contribution in [1.82, 2.24) is 0 Å². The molecule has 58 heavy (non-hydrogen) atoms. The number of rotatable bonds is 2. The van der Waals surface area contributed by atoms with Crippen LogP contribution in [0.25, 0.3) is 84.1 Å². The van der Waals surface area contributed by atoms with Crippen LogP contribution in [0.5, 0.6) is 0 Å². The molecule has 0 aliphatic carbocycles. The first-order chi connectivity index (χ1) is 26.3. The van der Waals surface area contributed by atoms with Gasteiger partial charge in [0.05, 0.1) is 0 Å². The Hall–Kier alpha value is 0.962. The third-order valence-corrected chi connectivity index (χ3v) is 13.6. The van der Waals surface area contributed by atoms with E-state index >= 15 is 0 Å². The van der Waals surface area contributed by atoms with Crippen LogP contribution in [0.4, 0.5) is 13.5 Å². The van der Waals surface area contributed by atoms with Crippen LogP contribution in [0.2, 0.25) is 0 Å². The quantitative estimate of drug-likeness (QED) is 0.125. The Kier molecular flexibility index (Phi) is 20.2. The summed E-state index contributed by atoms with van der Waals surface area (Å²) in [5.74, 6) is -0.642. The third kappa shape index (κ3) is 10.1. The molecule has 289 valence electrons. The zero-order valence-electron chi connectivity index (χ0n) is 30.3. The van der Waals surface area contributed by atoms with E-state index in [0.717, 1.165) is 19.7 Å². The van der Waals surface area contributed by atoms with Crippen LogP contribution >= 0.6 is 79.8 Å². The molecule has 0 amide bonds. The van der Waals surface area contributed by atoms with Crippen LogP contribution < -0.4 is 0 Å². The van der Waals surface area contributed by atoms with E-state index < -0.39 is 0 Å². The predicted octanol–water partition coefficient (Wildman–Crippen LogP) is 15.5. The summed E-state index contributed by atoms with van der Waals surface area (Å²) in [6, 6.07) is 43.3. The van der Waals surface area contributed by atoms with Gasteiger partial charge in [-0.05, 0) is 82.4 Å². The molecule has 0 N–H and O–H groups in total. The number of hydrogen-bond acceptors (Lipinski definition) is 4. The Morgan fingerprint density at radius 2 is 1.03 bits per heavy atom. The first-order valence-corrected chi connectivity index (χ1v) is 37.4. The molecule has 3 radical (unpaired) electrons. The first kappa shape index (κ1) is 51.6. The van der Waals surface area contributed by atoms with E-state index in [4.69, 9.17) is 0 Å². The van der Waals surface area contributed by atoms with Gasteiger partial charge in [-0.25, -0.2) is 8.78 Å². The molecule has 8 aromatic carbocycles. The van der Waals surface area contributed by atoms with Crippen molar-refractivity contribution in [1.29, 1.82) is 0 Å². The molecule has 0 aliphatic rings. The first-order valence-electron chi connectivity index (χ1n) is 17.3. The summed E-state index contributed by atoms with van der Waals surface area (Å²) in [6.07, 6.45) is 0. The van der Waals surface area contributed by atoms with Crippen molar-refractivity contribution in [3.63, 3.8) is 0 Å². The average Bonchev–Trinajstić information content (AvgIpc) is 3.76. The minimum atomic E-state index is -0.333. The zero-order valence-corrected chi connectivity index (χ0v) is 46.3. The molecule has 0 saturated carbocycles. The molecule has 2 heterocycles. The van der Waals surface area contributed by atoms with Gasteiger partial charge in [-0.2, -0.15) is 0 Å². The molecule has 2 aromatic heterocycles. The average molecular weight is 1150 g/mol. The summed E-state index contributed by atoms with van der Waals surface area (Å²) in [5.41, 5.74) is 2.31. The Bertz CT molecular complexity index is 3090. The van der Waals surface area contributed by atoms with Gasteiger partial charge in [-0.15, -0.1) is 47.9 Å². The molecule has 0 bridgehead atoms. The number of benzene rings is 8. The molecule has 0 nitrogen and oxygen atoms in total. The number of hydrogen-bond donors (Lipinski definition) is 2. The number of halogens is 5. The fourth-order valence-electron chi connectivity index (χ4n) is 7.08. The summed E-state index contributed by atoms with van der Waals surface area (Å²) < 4.78 is 36.2. The molecule has 0 unspecified atom stereocenters. The topological polar surface area (TPSA) is 0 Å². The van der Waals surface area contributed by atoms with E-state index in [1.807, 2.05) is 46.9 Å². The van der Waals surface area contributed by atoms with Crippen molar-refractivity contribution in [3.05, 3.63) is 154 Å². The number of thiol groups is 2. The fraction of sp³-hybridized carbons (Fsp3) is 0. The van der Waals surface area contributed by atoms with E-state index in [1.165, 1.54) is 126 Å². The second-order valence-corrected chi connectivity index (χ2v) is 17.3. The van der Waals surface area contributed by atoms with Gasteiger partial charge in [0.25, 0.3) is 0 Å². The molecular weight excluding hydrogens is 1130 g/mol. The van der Waals surface area contributed by atoms with E-state index in [9.17, 15) is 8.78 Å². The third-order valence-electron chi connectivity index (χ3n) is 9.45. The number of thiophene rings is 2. The molecule has 0 saturated heterocycles. The van der Waals surface area contributed by atoms with E-state index in [-0.39, 0.29) is 66.7 Å². The van der Waals surface area contributed by atoms with Crippen molar-refractivity contribution < 1.29 is 63.8 Å². The summed E-state index contributed by atoms with van der Waals surface area (Å²) in [7, 11) is 0. The van der Waals surface area contributed by atoms with E-state index in [1.54, 1.807) is 30.3 Å². The van der Waals surface area contributed by atoms with Gasteiger partial charge >= 0.3 is 63.2 Å². The van der Waals surface area contributed by atoms with Crippen LogP contribution in [0.3, 0.4) is 0 Å². The van der Waals surface area contributed by atoms with Gasteiger partial charge < -0.3 is 0 Å². The summed E-state index contributed by atoms with van der Waals surface area (Å²) in [4.78, 5) is 1.30. The van der Waals surface area contributed by atoms with Crippen molar-refractivity contribution in [2.45, 2.75) is 9.79 Å². The van der Waals surface area contributed by atoms with E-state index in [0.29, 0.717) is 32.0 Å². The fourth-order valence-corrected chi connectivity index (χ4v) is 10.8. The molecular formula is C44H25Br2Co3F3K2S4. The maximum absolute atomic E-state index is 14.5. The van der Waals surface area contributed by atoms with Gasteiger partial charge in [0.2, 0.25) is 0 Å².